The predicted octanol–water partition coefficient (Wildman–Crippen LogP) is -2.30. The average molecular weight is 627 g/mol. The van der Waals surface area contributed by atoms with Crippen molar-refractivity contribution < 1.29 is 46.5 Å². The number of aryl methyl sites for hydroxylation is 1. The number of nitrogens with one attached hydrogen (secondary N) is 1. The fourth-order valence-electron chi connectivity index (χ4n) is 4.21. The Morgan fingerprint density at radius 2 is 2.02 bits per heavy atom. The summed E-state index contributed by atoms with van der Waals surface area (Å²) in [6, 6.07) is 6.59. The molecule has 0 aliphatic carbocycles. The van der Waals surface area contributed by atoms with E-state index in [0.29, 0.717) is 11.3 Å². The van der Waals surface area contributed by atoms with Crippen LogP contribution >= 0.6 is 23.1 Å². The minimum Gasteiger partial charge on any atom is -0.543 e. The van der Waals surface area contributed by atoms with Crippen LogP contribution in [0.25, 0.3) is 11.0 Å². The number of amides is 2. The zero-order chi connectivity index (χ0) is 30.1. The number of thioether (sulfide) groups is 1. The molecule has 2 amide bonds. The molecule has 20 heteroatoms. The molecule has 0 radical (unpaired) electrons. The zero-order valence-electron chi connectivity index (χ0n) is 21.2. The van der Waals surface area contributed by atoms with Gasteiger partial charge in [0.1, 0.15) is 37.8 Å². The number of carbonyl (C=O) groups excluding carboxylic acids is 3. The van der Waals surface area contributed by atoms with Crippen LogP contribution in [0.1, 0.15) is 5.69 Å². The third-order valence-corrected chi connectivity index (χ3v) is 7.79. The fourth-order valence-corrected chi connectivity index (χ4v) is 6.09. The lowest BCUT2D eigenvalue weighted by Crippen LogP contribution is -2.71. The van der Waals surface area contributed by atoms with Crippen molar-refractivity contribution in [1.29, 1.82) is 0 Å². The van der Waals surface area contributed by atoms with E-state index < -0.39 is 39.6 Å². The first-order valence-electron chi connectivity index (χ1n) is 11.3. The van der Waals surface area contributed by atoms with Crippen molar-refractivity contribution in [3.8, 4) is 0 Å². The standard InChI is InChI=1S/C21H20N8O5S2.H2O4S/c1-27-12-5-3-4-6-13(12)28(26-27)7-10-8-35-19-15(18(31)29(19)16(10)20(32)33)24-17(30)14(25-34-2)11-9-36-21(22)23-11;1-5(2,3)4/h3-6,9,15,19H,7-8H2,1-2H3,(H3-,22,23,24,30,32,33);(H2,1,2,3,4). The van der Waals surface area contributed by atoms with Crippen LogP contribution in [0.4, 0.5) is 5.13 Å². The average Bonchev–Trinajstić information content (AvgIpc) is 3.47. The molecule has 1 fully saturated rings. The van der Waals surface area contributed by atoms with Gasteiger partial charge in [-0.3, -0.25) is 23.6 Å². The number of aliphatic carboxylic acids is 1. The van der Waals surface area contributed by atoms with Gasteiger partial charge in [0.15, 0.2) is 21.9 Å². The highest BCUT2D eigenvalue weighted by molar-refractivity contribution is 8.00. The van der Waals surface area contributed by atoms with Crippen LogP contribution in [0.15, 0.2) is 46.1 Å². The molecule has 0 spiro atoms. The molecule has 0 saturated carbocycles. The molecule has 41 heavy (non-hydrogen) atoms. The molecule has 2 aliphatic heterocycles. The Labute approximate surface area is 239 Å². The number of anilines is 1. The van der Waals surface area contributed by atoms with E-state index in [1.54, 1.807) is 21.8 Å². The second-order valence-corrected chi connectivity index (χ2v) is 11.3. The number of β-lactam (4-membered cyclic amide) rings is 1. The molecule has 2 aromatic heterocycles. The van der Waals surface area contributed by atoms with Crippen molar-refractivity contribution in [2.24, 2.45) is 12.2 Å². The highest BCUT2D eigenvalue weighted by Gasteiger charge is 2.53. The van der Waals surface area contributed by atoms with Gasteiger partial charge in [-0.25, -0.2) is 4.98 Å². The lowest BCUT2D eigenvalue weighted by atomic mass is 10.0. The number of aromatic nitrogens is 4. The van der Waals surface area contributed by atoms with E-state index in [0.717, 1.165) is 27.3 Å². The number of nitrogens with two attached hydrogens (primary N) is 1. The van der Waals surface area contributed by atoms with Crippen LogP contribution in [0.3, 0.4) is 0 Å². The van der Waals surface area contributed by atoms with Gasteiger partial charge in [-0.1, -0.05) is 17.3 Å². The number of fused-ring (bicyclic) bond motifs is 2. The van der Waals surface area contributed by atoms with Crippen LogP contribution in [-0.4, -0.2) is 85.1 Å². The zero-order valence-corrected chi connectivity index (χ0v) is 23.6. The lowest BCUT2D eigenvalue weighted by Gasteiger charge is -2.50. The molecule has 218 valence electrons. The monoisotopic (exact) mass is 626 g/mol. The topological polar surface area (TPSA) is 246 Å². The smallest absolute Gasteiger partial charge is 0.394 e. The second-order valence-electron chi connectivity index (χ2n) is 8.40. The fraction of sp³-hybridized carbons (Fsp3) is 0.286. The van der Waals surface area contributed by atoms with Crippen LogP contribution in [0.5, 0.6) is 0 Å². The van der Waals surface area contributed by atoms with E-state index in [4.69, 9.17) is 28.1 Å². The minimum atomic E-state index is -4.67. The third kappa shape index (κ3) is 6.46. The number of oxime groups is 1. The van der Waals surface area contributed by atoms with Crippen LogP contribution in [0, 0.1) is 0 Å². The first kappa shape index (κ1) is 29.9. The maximum absolute atomic E-state index is 13.0. The number of nitrogen functional groups attached to an aromatic ring is 1. The van der Waals surface area contributed by atoms with Crippen LogP contribution < -0.4 is 20.8 Å². The molecular formula is C21H22N8O9S3. The van der Waals surface area contributed by atoms with Gasteiger partial charge >= 0.3 is 10.4 Å². The number of para-hydroxylation sites is 2. The van der Waals surface area contributed by atoms with Crippen molar-refractivity contribution in [2.45, 2.75) is 18.0 Å². The summed E-state index contributed by atoms with van der Waals surface area (Å²) in [4.78, 5) is 48.0. The Morgan fingerprint density at radius 3 is 2.63 bits per heavy atom. The van der Waals surface area contributed by atoms with Crippen LogP contribution in [-0.2, 0) is 43.2 Å². The maximum Gasteiger partial charge on any atom is 0.394 e. The minimum absolute atomic E-state index is 0.146. The van der Waals surface area contributed by atoms with Gasteiger partial charge in [0, 0.05) is 16.7 Å². The van der Waals surface area contributed by atoms with E-state index >= 15 is 0 Å². The number of benzene rings is 1. The Bertz CT molecular complexity index is 1690. The first-order valence-corrected chi connectivity index (χ1v) is 14.7. The van der Waals surface area contributed by atoms with Gasteiger partial charge in [0.25, 0.3) is 11.8 Å². The summed E-state index contributed by atoms with van der Waals surface area (Å²) >= 11 is 2.47. The third-order valence-electron chi connectivity index (χ3n) is 5.78. The van der Waals surface area contributed by atoms with E-state index in [-0.39, 0.29) is 28.8 Å². The molecule has 4 heterocycles. The predicted molar refractivity (Wildman–Crippen MR) is 142 cm³/mol. The summed E-state index contributed by atoms with van der Waals surface area (Å²) in [6.45, 7) is 0.168. The van der Waals surface area contributed by atoms with E-state index in [1.807, 2.05) is 24.3 Å². The SMILES string of the molecule is CON=C(C(=O)NC1C(=O)N2C(C(=O)[O-])=C(Cn3n[n+](C)c4ccccc43)CSC12)c1csc(N)n1.O=S(=O)(O)O. The number of thiazole rings is 1. The number of hydrogen-bond donors (Lipinski definition) is 4. The van der Waals surface area contributed by atoms with E-state index in [9.17, 15) is 19.5 Å². The van der Waals surface area contributed by atoms with Gasteiger partial charge in [-0.2, -0.15) is 8.42 Å². The van der Waals surface area contributed by atoms with Gasteiger partial charge < -0.3 is 25.8 Å². The summed E-state index contributed by atoms with van der Waals surface area (Å²) < 4.78 is 35.0. The van der Waals surface area contributed by atoms with Crippen molar-refractivity contribution in [2.75, 3.05) is 18.6 Å². The Kier molecular flexibility index (Phi) is 8.58. The number of carbonyl (C=O) groups is 3. The Balaban J connectivity index is 0.000000714. The molecule has 3 aromatic rings. The van der Waals surface area contributed by atoms with Crippen molar-refractivity contribution in [1.82, 2.24) is 25.1 Å². The molecule has 1 aromatic carbocycles. The maximum atomic E-state index is 13.0. The second kappa shape index (κ2) is 11.8. The van der Waals surface area contributed by atoms with Gasteiger partial charge in [-0.05, 0) is 12.1 Å². The summed E-state index contributed by atoms with van der Waals surface area (Å²) in [7, 11) is -1.59. The van der Waals surface area contributed by atoms with Gasteiger partial charge in [-0.15, -0.1) is 32.5 Å². The van der Waals surface area contributed by atoms with Gasteiger partial charge in [0.2, 0.25) is 0 Å². The number of carboxylic acids is 1. The first-order chi connectivity index (χ1) is 19.3. The van der Waals surface area contributed by atoms with Crippen molar-refractivity contribution in [3.05, 3.63) is 46.6 Å². The molecule has 5 N–H and O–H groups in total. The summed E-state index contributed by atoms with van der Waals surface area (Å²) in [5.41, 5.74) is 7.70. The summed E-state index contributed by atoms with van der Waals surface area (Å²) in [6.07, 6.45) is 0. The number of nitrogens with zero attached hydrogens (tertiary/aromatic N) is 6. The molecule has 17 nitrogen and oxygen atoms in total. The number of rotatable bonds is 7. The molecule has 5 rings (SSSR count). The lowest BCUT2D eigenvalue weighted by molar-refractivity contribution is -0.709. The molecule has 2 atom stereocenters. The Morgan fingerprint density at radius 1 is 1.34 bits per heavy atom. The number of carboxylic acid groups (broad SMARTS) is 1. The highest BCUT2D eigenvalue weighted by atomic mass is 32.3. The van der Waals surface area contributed by atoms with Crippen LogP contribution in [0.2, 0.25) is 0 Å². The largest absolute Gasteiger partial charge is 0.543 e. The molecule has 2 aliphatic rings. The molecular weight excluding hydrogens is 604 g/mol. The number of hydrogen-bond acceptors (Lipinski definition) is 13. The van der Waals surface area contributed by atoms with E-state index in [2.05, 4.69) is 20.7 Å². The molecule has 0 bridgehead atoms. The van der Waals surface area contributed by atoms with Crippen molar-refractivity contribution >= 4 is 73.2 Å². The normalized spacial score (nSPS) is 18.8. The highest BCUT2D eigenvalue weighted by Crippen LogP contribution is 2.40. The summed E-state index contributed by atoms with van der Waals surface area (Å²) in [5, 5.41) is 24.1. The Hall–Kier alpha value is -4.11. The van der Waals surface area contributed by atoms with Crippen molar-refractivity contribution in [3.63, 3.8) is 0 Å². The molecule has 1 saturated heterocycles. The summed E-state index contributed by atoms with van der Waals surface area (Å²) in [5.74, 6) is -2.42. The quantitative estimate of drug-likeness (QED) is 0.0709. The van der Waals surface area contributed by atoms with Gasteiger partial charge in [0.05, 0.1) is 16.9 Å². The van der Waals surface area contributed by atoms with E-state index in [1.165, 1.54) is 18.9 Å². The molecule has 2 unspecified atom stereocenters.